The molecule has 0 radical (unpaired) electrons. The second-order valence-corrected chi connectivity index (χ2v) is 3.18. The Labute approximate surface area is 70.3 Å². The first-order chi connectivity index (χ1) is 5.81. The summed E-state index contributed by atoms with van der Waals surface area (Å²) in [5.74, 6) is 1.42. The van der Waals surface area contributed by atoms with Crippen LogP contribution in [0.4, 0.5) is 0 Å². The predicted molar refractivity (Wildman–Crippen MR) is 42.5 cm³/mol. The van der Waals surface area contributed by atoms with E-state index in [1.165, 1.54) is 12.8 Å². The van der Waals surface area contributed by atoms with E-state index in [2.05, 4.69) is 5.16 Å². The zero-order chi connectivity index (χ0) is 8.55. The van der Waals surface area contributed by atoms with Gasteiger partial charge in [0.2, 0.25) is 0 Å². The number of nitrogens with two attached hydrogens (primary N) is 1. The SMILES string of the molecule is NCC(O)c1cc(C2CC2)on1. The monoisotopic (exact) mass is 168 g/mol. The summed E-state index contributed by atoms with van der Waals surface area (Å²) in [5.41, 5.74) is 5.83. The number of aliphatic hydroxyl groups is 1. The number of aromatic nitrogens is 1. The number of hydrogen-bond donors (Lipinski definition) is 2. The van der Waals surface area contributed by atoms with Crippen molar-refractivity contribution < 1.29 is 9.63 Å². The number of nitrogens with zero attached hydrogens (tertiary/aromatic N) is 1. The zero-order valence-corrected chi connectivity index (χ0v) is 6.73. The minimum atomic E-state index is -0.679. The number of rotatable bonds is 3. The van der Waals surface area contributed by atoms with Gasteiger partial charge in [0, 0.05) is 18.5 Å². The Bertz CT molecular complexity index is 268. The summed E-state index contributed by atoms with van der Waals surface area (Å²) in [6.07, 6.45) is 1.67. The highest BCUT2D eigenvalue weighted by Gasteiger charge is 2.28. The van der Waals surface area contributed by atoms with E-state index in [4.69, 9.17) is 10.3 Å². The van der Waals surface area contributed by atoms with Crippen LogP contribution in [0, 0.1) is 0 Å². The van der Waals surface area contributed by atoms with Crippen LogP contribution in [0.3, 0.4) is 0 Å². The fourth-order valence-electron chi connectivity index (χ4n) is 1.14. The quantitative estimate of drug-likeness (QED) is 0.691. The highest BCUT2D eigenvalue weighted by molar-refractivity contribution is 5.16. The van der Waals surface area contributed by atoms with Gasteiger partial charge < -0.3 is 15.4 Å². The van der Waals surface area contributed by atoms with Crippen molar-refractivity contribution in [2.24, 2.45) is 5.73 Å². The number of aliphatic hydroxyl groups excluding tert-OH is 1. The van der Waals surface area contributed by atoms with Crippen molar-refractivity contribution in [2.45, 2.75) is 24.9 Å². The first kappa shape index (κ1) is 7.76. The van der Waals surface area contributed by atoms with E-state index in [-0.39, 0.29) is 6.54 Å². The minimum Gasteiger partial charge on any atom is -0.385 e. The van der Waals surface area contributed by atoms with E-state index in [1.54, 1.807) is 6.07 Å². The van der Waals surface area contributed by atoms with Gasteiger partial charge >= 0.3 is 0 Å². The molecule has 1 saturated carbocycles. The second-order valence-electron chi connectivity index (χ2n) is 3.18. The van der Waals surface area contributed by atoms with Crippen LogP contribution in [0.2, 0.25) is 0 Å². The normalized spacial score (nSPS) is 19.5. The molecule has 0 bridgehead atoms. The zero-order valence-electron chi connectivity index (χ0n) is 6.73. The molecule has 4 heteroatoms. The molecule has 0 aliphatic heterocycles. The number of hydrogen-bond acceptors (Lipinski definition) is 4. The van der Waals surface area contributed by atoms with E-state index >= 15 is 0 Å². The third-order valence-corrected chi connectivity index (χ3v) is 2.09. The fourth-order valence-corrected chi connectivity index (χ4v) is 1.14. The molecule has 2 rings (SSSR count). The van der Waals surface area contributed by atoms with Crippen molar-refractivity contribution in [1.82, 2.24) is 5.16 Å². The van der Waals surface area contributed by atoms with Gasteiger partial charge in [-0.2, -0.15) is 0 Å². The van der Waals surface area contributed by atoms with Crippen LogP contribution < -0.4 is 5.73 Å². The Morgan fingerprint density at radius 3 is 3.08 bits per heavy atom. The van der Waals surface area contributed by atoms with E-state index in [0.29, 0.717) is 11.6 Å². The summed E-state index contributed by atoms with van der Waals surface area (Å²) >= 11 is 0. The summed E-state index contributed by atoms with van der Waals surface area (Å²) in [5, 5.41) is 13.0. The van der Waals surface area contributed by atoms with Crippen LogP contribution >= 0.6 is 0 Å². The minimum absolute atomic E-state index is 0.191. The maximum Gasteiger partial charge on any atom is 0.140 e. The van der Waals surface area contributed by atoms with Gasteiger partial charge in [-0.3, -0.25) is 0 Å². The summed E-state index contributed by atoms with van der Waals surface area (Å²) in [7, 11) is 0. The molecule has 66 valence electrons. The average molecular weight is 168 g/mol. The van der Waals surface area contributed by atoms with Crippen LogP contribution in [-0.4, -0.2) is 16.8 Å². The first-order valence-corrected chi connectivity index (χ1v) is 4.16. The van der Waals surface area contributed by atoms with Crippen molar-refractivity contribution in [3.63, 3.8) is 0 Å². The van der Waals surface area contributed by atoms with Crippen LogP contribution in [0.25, 0.3) is 0 Å². The smallest absolute Gasteiger partial charge is 0.140 e. The lowest BCUT2D eigenvalue weighted by Gasteiger charge is -1.99. The maximum absolute atomic E-state index is 9.30. The molecule has 1 unspecified atom stereocenters. The van der Waals surface area contributed by atoms with E-state index in [0.717, 1.165) is 5.76 Å². The summed E-state index contributed by atoms with van der Waals surface area (Å²) in [6, 6.07) is 1.80. The molecular weight excluding hydrogens is 156 g/mol. The van der Waals surface area contributed by atoms with E-state index < -0.39 is 6.10 Å². The Kier molecular flexibility index (Phi) is 1.86. The third kappa shape index (κ3) is 1.35. The Hall–Kier alpha value is -0.870. The van der Waals surface area contributed by atoms with Gasteiger partial charge in [0.15, 0.2) is 0 Å². The molecule has 1 aromatic rings. The van der Waals surface area contributed by atoms with Crippen LogP contribution in [0.1, 0.15) is 36.3 Å². The van der Waals surface area contributed by atoms with Gasteiger partial charge in [0.1, 0.15) is 17.6 Å². The lowest BCUT2D eigenvalue weighted by Crippen LogP contribution is -2.11. The highest BCUT2D eigenvalue weighted by atomic mass is 16.5. The van der Waals surface area contributed by atoms with Gasteiger partial charge in [-0.25, -0.2) is 0 Å². The second kappa shape index (κ2) is 2.88. The molecule has 0 aromatic carbocycles. The van der Waals surface area contributed by atoms with Gasteiger partial charge in [-0.05, 0) is 12.8 Å². The van der Waals surface area contributed by atoms with Crippen molar-refractivity contribution in [3.8, 4) is 0 Å². The average Bonchev–Trinajstić information content (AvgIpc) is 2.83. The first-order valence-electron chi connectivity index (χ1n) is 4.16. The van der Waals surface area contributed by atoms with Crippen LogP contribution in [0.15, 0.2) is 10.6 Å². The molecule has 1 heterocycles. The lowest BCUT2D eigenvalue weighted by molar-refractivity contribution is 0.175. The molecular formula is C8H12N2O2. The van der Waals surface area contributed by atoms with Gasteiger partial charge in [-0.1, -0.05) is 5.16 Å². The predicted octanol–water partition coefficient (Wildman–Crippen LogP) is 0.544. The third-order valence-electron chi connectivity index (χ3n) is 2.09. The largest absolute Gasteiger partial charge is 0.385 e. The van der Waals surface area contributed by atoms with Crippen molar-refractivity contribution in [3.05, 3.63) is 17.5 Å². The van der Waals surface area contributed by atoms with Crippen LogP contribution in [-0.2, 0) is 0 Å². The standard InChI is InChI=1S/C8H12N2O2/c9-4-7(11)6-3-8(12-10-6)5-1-2-5/h3,5,7,11H,1-2,4,9H2. The molecule has 1 atom stereocenters. The molecule has 0 amide bonds. The van der Waals surface area contributed by atoms with Crippen LogP contribution in [0.5, 0.6) is 0 Å². The Morgan fingerprint density at radius 2 is 2.50 bits per heavy atom. The molecule has 1 aliphatic carbocycles. The molecule has 0 spiro atoms. The van der Waals surface area contributed by atoms with Crippen molar-refractivity contribution in [2.75, 3.05) is 6.54 Å². The van der Waals surface area contributed by atoms with E-state index in [1.807, 2.05) is 0 Å². The topological polar surface area (TPSA) is 72.3 Å². The fraction of sp³-hybridized carbons (Fsp3) is 0.625. The van der Waals surface area contributed by atoms with Crippen molar-refractivity contribution in [1.29, 1.82) is 0 Å². The summed E-state index contributed by atoms with van der Waals surface area (Å²) in [6.45, 7) is 0.191. The Morgan fingerprint density at radius 1 is 1.75 bits per heavy atom. The Balaban J connectivity index is 2.12. The highest BCUT2D eigenvalue weighted by Crippen LogP contribution is 2.40. The molecule has 4 nitrogen and oxygen atoms in total. The molecule has 0 saturated heterocycles. The summed E-state index contributed by atoms with van der Waals surface area (Å²) in [4.78, 5) is 0. The molecule has 3 N–H and O–H groups in total. The molecule has 12 heavy (non-hydrogen) atoms. The maximum atomic E-state index is 9.30. The van der Waals surface area contributed by atoms with E-state index in [9.17, 15) is 5.11 Å². The lowest BCUT2D eigenvalue weighted by atomic mass is 10.2. The van der Waals surface area contributed by atoms with Gasteiger partial charge in [0.05, 0.1) is 0 Å². The van der Waals surface area contributed by atoms with Crippen molar-refractivity contribution >= 4 is 0 Å². The van der Waals surface area contributed by atoms with Gasteiger partial charge in [0.25, 0.3) is 0 Å². The summed E-state index contributed by atoms with van der Waals surface area (Å²) < 4.78 is 5.05. The van der Waals surface area contributed by atoms with Gasteiger partial charge in [-0.15, -0.1) is 0 Å². The molecule has 1 fully saturated rings. The molecule has 1 aliphatic rings. The molecule has 1 aromatic heterocycles.